The molecule has 1 aromatic carbocycles. The van der Waals surface area contributed by atoms with Crippen molar-refractivity contribution in [3.05, 3.63) is 29.8 Å². The fourth-order valence-electron chi connectivity index (χ4n) is 1.68. The summed E-state index contributed by atoms with van der Waals surface area (Å²) in [5.74, 6) is 0.892. The fraction of sp³-hybridized carbons (Fsp3) is 0.500. The summed E-state index contributed by atoms with van der Waals surface area (Å²) in [4.78, 5) is 3.25. The van der Waals surface area contributed by atoms with Crippen molar-refractivity contribution in [1.82, 2.24) is 4.90 Å². The minimum Gasteiger partial charge on any atom is -0.358 e. The molecule has 0 bridgehead atoms. The molecule has 0 N–H and O–H groups in total. The number of nitrogens with zero attached hydrogens (tertiary/aromatic N) is 1. The van der Waals surface area contributed by atoms with E-state index in [1.54, 1.807) is 26.0 Å². The lowest BCUT2D eigenvalue weighted by molar-refractivity contribution is 0.358. The molecule has 6 heteroatoms. The van der Waals surface area contributed by atoms with Crippen LogP contribution in [0.3, 0.4) is 0 Å². The first-order valence-electron chi connectivity index (χ1n) is 6.50. The monoisotopic (exact) mass is 332 g/mol. The van der Waals surface area contributed by atoms with Crippen molar-refractivity contribution in [3.8, 4) is 0 Å². The predicted octanol–water partition coefficient (Wildman–Crippen LogP) is 3.65. The molecule has 20 heavy (non-hydrogen) atoms. The highest BCUT2D eigenvalue weighted by Crippen LogP contribution is 2.20. The van der Waals surface area contributed by atoms with Gasteiger partial charge in [-0.3, -0.25) is 0 Å². The van der Waals surface area contributed by atoms with E-state index in [9.17, 15) is 0 Å². The Bertz CT molecular complexity index is 403. The summed E-state index contributed by atoms with van der Waals surface area (Å²) in [5, 5.41) is 0. The summed E-state index contributed by atoms with van der Waals surface area (Å²) < 4.78 is 11.5. The Labute approximate surface area is 134 Å². The van der Waals surface area contributed by atoms with Gasteiger partial charge in [-0.05, 0) is 19.4 Å². The van der Waals surface area contributed by atoms with Gasteiger partial charge in [0.25, 0.3) is 0 Å². The molecule has 0 unspecified atom stereocenters. The Balaban J connectivity index is 2.55. The molecule has 0 aliphatic rings. The molecule has 112 valence electrons. The molecule has 0 aromatic heterocycles. The molecule has 0 aliphatic heterocycles. The van der Waals surface area contributed by atoms with Gasteiger partial charge in [-0.2, -0.15) is 0 Å². The van der Waals surface area contributed by atoms with Gasteiger partial charge in [-0.15, -0.1) is 8.37 Å². The van der Waals surface area contributed by atoms with Crippen LogP contribution in [-0.2, 0) is 25.6 Å². The van der Waals surface area contributed by atoms with Crippen molar-refractivity contribution in [2.45, 2.75) is 24.5 Å². The quantitative estimate of drug-likeness (QED) is 0.560. The summed E-state index contributed by atoms with van der Waals surface area (Å²) in [6, 6.07) is 8.30. The van der Waals surface area contributed by atoms with Gasteiger partial charge in [0.1, 0.15) is 4.32 Å². The lowest BCUT2D eigenvalue weighted by atomic mass is 10.2. The van der Waals surface area contributed by atoms with E-state index in [2.05, 4.69) is 30.9 Å². The molecule has 0 amide bonds. The molecular weight excluding hydrogens is 310 g/mol. The fourth-order valence-corrected chi connectivity index (χ4v) is 3.91. The number of thioether (sulfide) groups is 1. The molecule has 1 rings (SSSR count). The Morgan fingerprint density at radius 1 is 1.15 bits per heavy atom. The second-order valence-electron chi connectivity index (χ2n) is 3.94. The van der Waals surface area contributed by atoms with E-state index in [4.69, 9.17) is 20.6 Å². The van der Waals surface area contributed by atoms with Crippen LogP contribution in [0.25, 0.3) is 0 Å². The lowest BCUT2D eigenvalue weighted by Crippen LogP contribution is -2.26. The van der Waals surface area contributed by atoms with Crippen LogP contribution in [0, 0.1) is 0 Å². The normalized spacial score (nSPS) is 10.8. The Hall–Kier alpha value is -0.270. The smallest absolute Gasteiger partial charge is 0.355 e. The average molecular weight is 333 g/mol. The minimum absolute atomic E-state index is 0.574. The molecule has 0 fully saturated rings. The van der Waals surface area contributed by atoms with Crippen LogP contribution in [0.2, 0.25) is 0 Å². The van der Waals surface area contributed by atoms with E-state index >= 15 is 0 Å². The van der Waals surface area contributed by atoms with Crippen LogP contribution in [0.5, 0.6) is 0 Å². The van der Waals surface area contributed by atoms with Crippen molar-refractivity contribution in [1.29, 1.82) is 0 Å². The SMILES string of the molecule is CCN(CC)C(=S)SCc1ccc([S+](OC)OC)cc1. The van der Waals surface area contributed by atoms with Gasteiger partial charge in [-0.1, -0.05) is 36.1 Å². The molecule has 0 atom stereocenters. The van der Waals surface area contributed by atoms with Crippen LogP contribution in [0.15, 0.2) is 29.2 Å². The summed E-state index contributed by atoms with van der Waals surface area (Å²) in [6.45, 7) is 6.18. The maximum Gasteiger partial charge on any atom is 0.355 e. The van der Waals surface area contributed by atoms with E-state index in [1.165, 1.54) is 5.56 Å². The average Bonchev–Trinajstić information content (AvgIpc) is 2.49. The van der Waals surface area contributed by atoms with Crippen LogP contribution < -0.4 is 0 Å². The number of hydrogen-bond acceptors (Lipinski definition) is 4. The number of hydrogen-bond donors (Lipinski definition) is 0. The van der Waals surface area contributed by atoms with Crippen molar-refractivity contribution < 1.29 is 8.37 Å². The van der Waals surface area contributed by atoms with E-state index < -0.39 is 11.5 Å². The number of thiocarbonyl (C=S) groups is 1. The van der Waals surface area contributed by atoms with E-state index in [1.807, 2.05) is 12.1 Å². The third-order valence-corrected chi connectivity index (χ3v) is 5.66. The van der Waals surface area contributed by atoms with Gasteiger partial charge in [0.2, 0.25) is 4.90 Å². The Kier molecular flexibility index (Phi) is 8.56. The molecule has 0 radical (unpaired) electrons. The van der Waals surface area contributed by atoms with Gasteiger partial charge in [0.15, 0.2) is 0 Å². The molecule has 0 spiro atoms. The van der Waals surface area contributed by atoms with Crippen LogP contribution in [-0.4, -0.2) is 36.5 Å². The van der Waals surface area contributed by atoms with Gasteiger partial charge in [0, 0.05) is 31.0 Å². The van der Waals surface area contributed by atoms with E-state index in [0.29, 0.717) is 0 Å². The Morgan fingerprint density at radius 2 is 1.70 bits per heavy atom. The molecule has 3 nitrogen and oxygen atoms in total. The molecule has 1 aromatic rings. The van der Waals surface area contributed by atoms with Gasteiger partial charge in [0.05, 0.1) is 14.2 Å². The molecular formula is C14H22NO2S3+. The summed E-state index contributed by atoms with van der Waals surface area (Å²) in [6.07, 6.45) is 0. The summed E-state index contributed by atoms with van der Waals surface area (Å²) in [5.41, 5.74) is 1.25. The molecule has 0 saturated heterocycles. The van der Waals surface area contributed by atoms with Crippen molar-refractivity contribution in [2.75, 3.05) is 27.3 Å². The van der Waals surface area contributed by atoms with Gasteiger partial charge in [-0.25, -0.2) is 0 Å². The first-order chi connectivity index (χ1) is 9.65. The standard InChI is InChI=1S/C14H22NO2S3/c1-5-15(6-2)14(18)19-11-12-7-9-13(10-8-12)20(16-3)17-4/h7-10H,5-6,11H2,1-4H3/q+1. The van der Waals surface area contributed by atoms with Gasteiger partial charge < -0.3 is 4.90 Å². The third kappa shape index (κ3) is 5.26. The van der Waals surface area contributed by atoms with Crippen molar-refractivity contribution in [2.24, 2.45) is 0 Å². The number of benzene rings is 1. The lowest BCUT2D eigenvalue weighted by Gasteiger charge is -2.20. The maximum atomic E-state index is 5.43. The van der Waals surface area contributed by atoms with Gasteiger partial charge >= 0.3 is 11.5 Å². The third-order valence-electron chi connectivity index (χ3n) is 2.80. The Morgan fingerprint density at radius 3 is 2.15 bits per heavy atom. The first kappa shape index (κ1) is 17.8. The van der Waals surface area contributed by atoms with Crippen LogP contribution >= 0.6 is 24.0 Å². The van der Waals surface area contributed by atoms with Crippen LogP contribution in [0.4, 0.5) is 0 Å². The molecule has 0 aliphatic carbocycles. The summed E-state index contributed by atoms with van der Waals surface area (Å²) in [7, 11) is 3.30. The zero-order valence-corrected chi connectivity index (χ0v) is 14.9. The zero-order valence-electron chi connectivity index (χ0n) is 12.4. The topological polar surface area (TPSA) is 21.7 Å². The van der Waals surface area contributed by atoms with Crippen molar-refractivity contribution >= 4 is 39.8 Å². The largest absolute Gasteiger partial charge is 0.358 e. The number of rotatable bonds is 7. The van der Waals surface area contributed by atoms with Crippen LogP contribution in [0.1, 0.15) is 19.4 Å². The minimum atomic E-state index is -0.574. The highest BCUT2D eigenvalue weighted by Gasteiger charge is 2.23. The van der Waals surface area contributed by atoms with E-state index in [0.717, 1.165) is 28.1 Å². The highest BCUT2D eigenvalue weighted by atomic mass is 32.2. The maximum absolute atomic E-state index is 5.43. The zero-order chi connectivity index (χ0) is 15.0. The molecule has 0 saturated carbocycles. The first-order valence-corrected chi connectivity index (χ1v) is 8.96. The summed E-state index contributed by atoms with van der Waals surface area (Å²) >= 11 is 6.56. The second kappa shape index (κ2) is 9.63. The van der Waals surface area contributed by atoms with Crippen molar-refractivity contribution in [3.63, 3.8) is 0 Å². The van der Waals surface area contributed by atoms with E-state index in [-0.39, 0.29) is 0 Å². The predicted molar refractivity (Wildman–Crippen MR) is 92.9 cm³/mol. The highest BCUT2D eigenvalue weighted by molar-refractivity contribution is 8.22. The molecule has 0 heterocycles. The second-order valence-corrected chi connectivity index (χ2v) is 7.16.